The summed E-state index contributed by atoms with van der Waals surface area (Å²) in [7, 11) is 0. The lowest BCUT2D eigenvalue weighted by Crippen LogP contribution is -2.27. The third-order valence-corrected chi connectivity index (χ3v) is 3.44. The lowest BCUT2D eigenvalue weighted by molar-refractivity contribution is -0.154. The number of ether oxygens (including phenoxy) is 9. The third-order valence-electron chi connectivity index (χ3n) is 3.44. The fourth-order valence-corrected chi connectivity index (χ4v) is 2.41. The molecule has 184 valence electrons. The Kier molecular flexibility index (Phi) is 18.0. The molecule has 9 heteroatoms. The van der Waals surface area contributed by atoms with Crippen molar-refractivity contribution in [2.24, 2.45) is 0 Å². The van der Waals surface area contributed by atoms with Gasteiger partial charge < -0.3 is 42.6 Å². The first-order valence-electron chi connectivity index (χ1n) is 11.2. The molecular formula is C22H42O9. The van der Waals surface area contributed by atoms with Gasteiger partial charge in [-0.1, -0.05) is 0 Å². The van der Waals surface area contributed by atoms with Crippen LogP contribution in [0, 0.1) is 0 Å². The Labute approximate surface area is 187 Å². The van der Waals surface area contributed by atoms with E-state index in [-0.39, 0.29) is 23.4 Å². The van der Waals surface area contributed by atoms with Gasteiger partial charge in [0, 0.05) is 26.4 Å². The Hall–Kier alpha value is -1.68. The zero-order chi connectivity index (χ0) is 23.5. The molecule has 0 N–H and O–H groups in total. The molecule has 31 heavy (non-hydrogen) atoms. The molecule has 0 radical (unpaired) electrons. The molecule has 0 aliphatic rings. The number of hydrogen-bond donors (Lipinski definition) is 0. The normalized spacial score (nSPS) is 13.1. The van der Waals surface area contributed by atoms with Crippen molar-refractivity contribution in [1.82, 2.24) is 0 Å². The fourth-order valence-electron chi connectivity index (χ4n) is 2.41. The van der Waals surface area contributed by atoms with E-state index in [1.165, 1.54) is 0 Å². The molecule has 0 atom stereocenters. The Morgan fingerprint density at radius 1 is 0.419 bits per heavy atom. The highest BCUT2D eigenvalue weighted by atomic mass is 16.8. The summed E-state index contributed by atoms with van der Waals surface area (Å²) in [6.45, 7) is 17.8. The third kappa shape index (κ3) is 11.0. The van der Waals surface area contributed by atoms with Crippen LogP contribution in [0.2, 0.25) is 0 Å². The van der Waals surface area contributed by atoms with Crippen LogP contribution in [0.1, 0.15) is 55.4 Å². The van der Waals surface area contributed by atoms with Crippen molar-refractivity contribution in [1.29, 1.82) is 0 Å². The van der Waals surface area contributed by atoms with Crippen molar-refractivity contribution in [2.45, 2.75) is 68.0 Å². The van der Waals surface area contributed by atoms with Crippen molar-refractivity contribution in [3.05, 3.63) is 23.4 Å². The monoisotopic (exact) mass is 450 g/mol. The highest BCUT2D eigenvalue weighted by Crippen LogP contribution is 2.25. The van der Waals surface area contributed by atoms with Crippen molar-refractivity contribution in [3.63, 3.8) is 0 Å². The van der Waals surface area contributed by atoms with Crippen molar-refractivity contribution in [2.75, 3.05) is 52.9 Å². The van der Waals surface area contributed by atoms with E-state index >= 15 is 0 Å². The van der Waals surface area contributed by atoms with Crippen LogP contribution in [-0.2, 0) is 42.6 Å². The highest BCUT2D eigenvalue weighted by molar-refractivity contribution is 5.06. The quantitative estimate of drug-likeness (QED) is 0.199. The molecule has 0 bridgehead atoms. The first-order chi connectivity index (χ1) is 15.1. The van der Waals surface area contributed by atoms with Crippen LogP contribution in [0.15, 0.2) is 23.4 Å². The van der Waals surface area contributed by atoms with Crippen molar-refractivity contribution in [3.8, 4) is 0 Å². The van der Waals surface area contributed by atoms with Crippen LogP contribution >= 0.6 is 0 Å². The summed E-state index contributed by atoms with van der Waals surface area (Å²) in [4.78, 5) is 0. The fraction of sp³-hybridized carbons (Fsp3) is 0.818. The molecule has 0 aliphatic carbocycles. The van der Waals surface area contributed by atoms with Gasteiger partial charge >= 0.3 is 11.9 Å². The minimum Gasteiger partial charge on any atom is -0.487 e. The van der Waals surface area contributed by atoms with Crippen LogP contribution < -0.4 is 0 Å². The van der Waals surface area contributed by atoms with Crippen LogP contribution in [0.4, 0.5) is 0 Å². The van der Waals surface area contributed by atoms with E-state index in [0.717, 1.165) is 0 Å². The second kappa shape index (κ2) is 19.0. The Morgan fingerprint density at radius 3 is 0.935 bits per heavy atom. The Bertz CT molecular complexity index is 449. The molecule has 0 saturated heterocycles. The smallest absolute Gasteiger partial charge is 0.332 e. The second-order valence-corrected chi connectivity index (χ2v) is 5.62. The van der Waals surface area contributed by atoms with Gasteiger partial charge in [-0.15, -0.1) is 0 Å². The minimum atomic E-state index is -0.801. The van der Waals surface area contributed by atoms with Gasteiger partial charge in [0.25, 0.3) is 0 Å². The minimum absolute atomic E-state index is 0.0589. The largest absolute Gasteiger partial charge is 0.487 e. The van der Waals surface area contributed by atoms with Gasteiger partial charge in [0.2, 0.25) is 24.1 Å². The summed E-state index contributed by atoms with van der Waals surface area (Å²) in [6, 6.07) is 0. The molecule has 0 amide bonds. The van der Waals surface area contributed by atoms with E-state index in [1.807, 2.05) is 55.4 Å². The maximum absolute atomic E-state index is 6.05. The molecule has 0 aromatic rings. The number of rotatable bonds is 20. The van der Waals surface area contributed by atoms with E-state index in [9.17, 15) is 0 Å². The van der Waals surface area contributed by atoms with Crippen LogP contribution in [0.25, 0.3) is 0 Å². The van der Waals surface area contributed by atoms with Gasteiger partial charge in [-0.2, -0.15) is 0 Å². The summed E-state index contributed by atoms with van der Waals surface area (Å²) in [5, 5.41) is 0. The zero-order valence-electron chi connectivity index (χ0n) is 20.5. The predicted octanol–water partition coefficient (Wildman–Crippen LogP) is 4.29. The van der Waals surface area contributed by atoms with Gasteiger partial charge in [0.05, 0.1) is 26.4 Å². The molecule has 9 nitrogen and oxygen atoms in total. The standard InChI is InChI=1S/C22H42O9/c1-9-23-17(19(25-11-3)26-12-4)21(29-15-7)31-22(30-16-8)18(24-10-2)20(27-13-5)28-14-6/h19-20H,9-16H2,1-8H3/b21-17+,22-18+. The lowest BCUT2D eigenvalue weighted by Gasteiger charge is -2.25. The van der Waals surface area contributed by atoms with E-state index < -0.39 is 12.6 Å². The molecule has 0 saturated carbocycles. The van der Waals surface area contributed by atoms with E-state index in [2.05, 4.69) is 0 Å². The second-order valence-electron chi connectivity index (χ2n) is 5.62. The van der Waals surface area contributed by atoms with Crippen LogP contribution in [0.5, 0.6) is 0 Å². The molecule has 0 spiro atoms. The van der Waals surface area contributed by atoms with Gasteiger partial charge in [-0.05, 0) is 55.4 Å². The lowest BCUT2D eigenvalue weighted by atomic mass is 10.4. The molecule has 0 aromatic carbocycles. The highest BCUT2D eigenvalue weighted by Gasteiger charge is 2.30. The summed E-state index contributed by atoms with van der Waals surface area (Å²) >= 11 is 0. The van der Waals surface area contributed by atoms with Crippen molar-refractivity contribution < 1.29 is 42.6 Å². The SMILES string of the molecule is CCO/C(O/C(OCC)=C(/OCC)C(OCC)OCC)=C(\OCC)C(OCC)OCC. The topological polar surface area (TPSA) is 83.1 Å². The van der Waals surface area contributed by atoms with E-state index in [1.54, 1.807) is 0 Å². The van der Waals surface area contributed by atoms with Gasteiger partial charge in [-0.25, -0.2) is 0 Å². The summed E-state index contributed by atoms with van der Waals surface area (Å²) in [5.74, 6) is 0.656. The molecule has 0 aliphatic heterocycles. The zero-order valence-corrected chi connectivity index (χ0v) is 20.5. The maximum Gasteiger partial charge on any atom is 0.332 e. The molecular weight excluding hydrogens is 408 g/mol. The van der Waals surface area contributed by atoms with Crippen molar-refractivity contribution >= 4 is 0 Å². The Balaban J connectivity index is 6.44. The van der Waals surface area contributed by atoms with E-state index in [0.29, 0.717) is 52.9 Å². The van der Waals surface area contributed by atoms with Crippen LogP contribution in [-0.4, -0.2) is 65.4 Å². The first-order valence-corrected chi connectivity index (χ1v) is 11.2. The molecule has 0 unspecified atom stereocenters. The number of hydrogen-bond acceptors (Lipinski definition) is 9. The molecule has 0 fully saturated rings. The average Bonchev–Trinajstić information content (AvgIpc) is 2.75. The summed E-state index contributed by atoms with van der Waals surface area (Å²) in [5.41, 5.74) is 0. The Morgan fingerprint density at radius 2 is 0.710 bits per heavy atom. The molecule has 0 heterocycles. The van der Waals surface area contributed by atoms with Crippen LogP contribution in [0.3, 0.4) is 0 Å². The van der Waals surface area contributed by atoms with Gasteiger partial charge in [0.1, 0.15) is 0 Å². The molecule has 0 aromatic heterocycles. The van der Waals surface area contributed by atoms with Gasteiger partial charge in [0.15, 0.2) is 0 Å². The summed E-state index contributed by atoms with van der Waals surface area (Å²) < 4.78 is 51.9. The average molecular weight is 451 g/mol. The molecule has 0 rings (SSSR count). The summed E-state index contributed by atoms with van der Waals surface area (Å²) in [6.07, 6.45) is -1.60. The maximum atomic E-state index is 6.05. The van der Waals surface area contributed by atoms with E-state index in [4.69, 9.17) is 42.6 Å². The van der Waals surface area contributed by atoms with Gasteiger partial charge in [-0.3, -0.25) is 0 Å². The first kappa shape index (κ1) is 29.3. The predicted molar refractivity (Wildman–Crippen MR) is 116 cm³/mol.